The van der Waals surface area contributed by atoms with Crippen molar-refractivity contribution in [3.8, 4) is 0 Å². The Kier molecular flexibility index (Phi) is 4.48. The number of ether oxygens (including phenoxy) is 1. The monoisotopic (exact) mass is 357 g/mol. The Hall–Kier alpha value is -2.64. The van der Waals surface area contributed by atoms with Gasteiger partial charge < -0.3 is 14.6 Å². The number of nitrogens with one attached hydrogen (secondary N) is 1. The van der Waals surface area contributed by atoms with Crippen LogP contribution < -0.4 is 0 Å². The van der Waals surface area contributed by atoms with E-state index in [1.54, 1.807) is 11.1 Å². The van der Waals surface area contributed by atoms with Gasteiger partial charge in [0.25, 0.3) is 0 Å². The second-order valence-electron chi connectivity index (χ2n) is 6.94. The molecule has 26 heavy (non-hydrogen) atoms. The molecule has 2 aromatic rings. The van der Waals surface area contributed by atoms with Gasteiger partial charge >= 0.3 is 6.09 Å². The first-order chi connectivity index (χ1) is 12.7. The van der Waals surface area contributed by atoms with Crippen LogP contribution in [0.25, 0.3) is 11.2 Å². The maximum absolute atomic E-state index is 13.0. The first-order valence-corrected chi connectivity index (χ1v) is 9.11. The predicted octanol–water partition coefficient (Wildman–Crippen LogP) is 1.89. The largest absolute Gasteiger partial charge is 0.453 e. The summed E-state index contributed by atoms with van der Waals surface area (Å²) in [4.78, 5) is 40.6. The van der Waals surface area contributed by atoms with Crippen LogP contribution in [0, 0.1) is 0 Å². The molecule has 0 radical (unpaired) electrons. The Morgan fingerprint density at radius 3 is 2.92 bits per heavy atom. The summed E-state index contributed by atoms with van der Waals surface area (Å²) in [6.45, 7) is 1.92. The Labute approximate surface area is 151 Å². The van der Waals surface area contributed by atoms with Crippen LogP contribution in [0.2, 0.25) is 0 Å². The van der Waals surface area contributed by atoms with Crippen LogP contribution in [0.15, 0.2) is 18.3 Å². The first kappa shape index (κ1) is 16.8. The standard InChI is InChI=1S/C18H23N5O3/c1-26-18(25)23-10-4-7-14(23)17(24)22-9-3-5-12(11-22)15-20-13-6-2-8-19-16(13)21-15/h2,6,8,12,14H,3-5,7,9-11H2,1H3,(H,19,20,21). The first-order valence-electron chi connectivity index (χ1n) is 9.11. The highest BCUT2D eigenvalue weighted by Crippen LogP contribution is 2.28. The minimum atomic E-state index is -0.419. The maximum atomic E-state index is 13.0. The second-order valence-corrected chi connectivity index (χ2v) is 6.94. The third-order valence-electron chi connectivity index (χ3n) is 5.34. The van der Waals surface area contributed by atoms with E-state index < -0.39 is 12.1 Å². The average Bonchev–Trinajstić information content (AvgIpc) is 3.33. The fourth-order valence-electron chi connectivity index (χ4n) is 4.03. The summed E-state index contributed by atoms with van der Waals surface area (Å²) in [6, 6.07) is 3.43. The molecule has 2 aliphatic rings. The molecule has 4 rings (SSSR count). The molecule has 2 saturated heterocycles. The highest BCUT2D eigenvalue weighted by Gasteiger charge is 2.38. The van der Waals surface area contributed by atoms with E-state index in [1.807, 2.05) is 17.0 Å². The van der Waals surface area contributed by atoms with E-state index in [0.29, 0.717) is 25.2 Å². The summed E-state index contributed by atoms with van der Waals surface area (Å²) in [5.74, 6) is 1.06. The zero-order chi connectivity index (χ0) is 18.1. The van der Waals surface area contributed by atoms with Gasteiger partial charge in [-0.3, -0.25) is 9.69 Å². The van der Waals surface area contributed by atoms with Crippen molar-refractivity contribution >= 4 is 23.2 Å². The van der Waals surface area contributed by atoms with Gasteiger partial charge in [0.1, 0.15) is 11.9 Å². The number of fused-ring (bicyclic) bond motifs is 1. The third kappa shape index (κ3) is 3.00. The van der Waals surface area contributed by atoms with E-state index in [-0.39, 0.29) is 11.8 Å². The van der Waals surface area contributed by atoms with Gasteiger partial charge in [-0.2, -0.15) is 0 Å². The van der Waals surface area contributed by atoms with Crippen LogP contribution >= 0.6 is 0 Å². The number of carbonyl (C=O) groups excluding carboxylic acids is 2. The number of carbonyl (C=O) groups is 2. The number of H-pyrrole nitrogens is 1. The van der Waals surface area contributed by atoms with E-state index in [4.69, 9.17) is 4.74 Å². The van der Waals surface area contributed by atoms with Crippen LogP contribution in [0.5, 0.6) is 0 Å². The number of likely N-dealkylation sites (tertiary alicyclic amines) is 2. The Morgan fingerprint density at radius 1 is 1.27 bits per heavy atom. The highest BCUT2D eigenvalue weighted by molar-refractivity contribution is 5.86. The van der Waals surface area contributed by atoms with E-state index in [1.165, 1.54) is 7.11 Å². The summed E-state index contributed by atoms with van der Waals surface area (Å²) in [7, 11) is 1.36. The van der Waals surface area contributed by atoms with E-state index in [2.05, 4.69) is 15.0 Å². The number of hydrogen-bond acceptors (Lipinski definition) is 5. The topological polar surface area (TPSA) is 91.4 Å². The van der Waals surface area contributed by atoms with Gasteiger partial charge in [0.05, 0.1) is 12.6 Å². The number of nitrogens with zero attached hydrogens (tertiary/aromatic N) is 4. The van der Waals surface area contributed by atoms with Crippen molar-refractivity contribution in [2.75, 3.05) is 26.7 Å². The number of imidazole rings is 1. The van der Waals surface area contributed by atoms with Gasteiger partial charge in [-0.25, -0.2) is 14.8 Å². The number of hydrogen-bond donors (Lipinski definition) is 1. The molecule has 2 unspecified atom stereocenters. The molecule has 8 nitrogen and oxygen atoms in total. The molecule has 2 amide bonds. The van der Waals surface area contributed by atoms with E-state index in [0.717, 1.165) is 37.1 Å². The third-order valence-corrected chi connectivity index (χ3v) is 5.34. The van der Waals surface area contributed by atoms with Crippen LogP contribution in [-0.4, -0.2) is 69.5 Å². The van der Waals surface area contributed by atoms with E-state index >= 15 is 0 Å². The number of aromatic nitrogens is 3. The fraction of sp³-hybridized carbons (Fsp3) is 0.556. The lowest BCUT2D eigenvalue weighted by molar-refractivity contribution is -0.136. The fourth-order valence-corrected chi connectivity index (χ4v) is 4.03. The molecule has 2 aromatic heterocycles. The van der Waals surface area contributed by atoms with Crippen LogP contribution in [0.3, 0.4) is 0 Å². The number of rotatable bonds is 2. The SMILES string of the molecule is COC(=O)N1CCCC1C(=O)N1CCCC(c2nc3ncccc3[nH]2)C1. The summed E-state index contributed by atoms with van der Waals surface area (Å²) >= 11 is 0. The van der Waals surface area contributed by atoms with Crippen molar-refractivity contribution < 1.29 is 14.3 Å². The Morgan fingerprint density at radius 2 is 2.12 bits per heavy atom. The minimum Gasteiger partial charge on any atom is -0.453 e. The summed E-state index contributed by atoms with van der Waals surface area (Å²) in [5.41, 5.74) is 1.62. The molecule has 4 heterocycles. The average molecular weight is 357 g/mol. The van der Waals surface area contributed by atoms with E-state index in [9.17, 15) is 9.59 Å². The molecule has 0 saturated carbocycles. The molecule has 2 fully saturated rings. The molecule has 0 aromatic carbocycles. The van der Waals surface area contributed by atoms with Crippen LogP contribution in [0.1, 0.15) is 37.4 Å². The number of piperidine rings is 1. The quantitative estimate of drug-likeness (QED) is 0.886. The molecule has 0 aliphatic carbocycles. The van der Waals surface area contributed by atoms with Crippen LogP contribution in [0.4, 0.5) is 4.79 Å². The van der Waals surface area contributed by atoms with Crippen molar-refractivity contribution in [2.24, 2.45) is 0 Å². The predicted molar refractivity (Wildman–Crippen MR) is 94.6 cm³/mol. The lowest BCUT2D eigenvalue weighted by atomic mass is 9.96. The number of aromatic amines is 1. The van der Waals surface area contributed by atoms with Crippen LogP contribution in [-0.2, 0) is 9.53 Å². The molecule has 8 heteroatoms. The zero-order valence-corrected chi connectivity index (χ0v) is 14.9. The molecule has 2 atom stereocenters. The second kappa shape index (κ2) is 6.93. The molecule has 0 bridgehead atoms. The van der Waals surface area contributed by atoms with Gasteiger partial charge in [-0.1, -0.05) is 0 Å². The normalized spacial score (nSPS) is 23.4. The summed E-state index contributed by atoms with van der Waals surface area (Å²) in [5, 5.41) is 0. The lowest BCUT2D eigenvalue weighted by Crippen LogP contribution is -2.50. The molecular formula is C18H23N5O3. The molecular weight excluding hydrogens is 334 g/mol. The number of methoxy groups -OCH3 is 1. The number of pyridine rings is 1. The molecule has 138 valence electrons. The van der Waals surface area contributed by atoms with Gasteiger partial charge in [0.2, 0.25) is 5.91 Å². The van der Waals surface area contributed by atoms with Crippen molar-refractivity contribution in [3.63, 3.8) is 0 Å². The smallest absolute Gasteiger partial charge is 0.410 e. The maximum Gasteiger partial charge on any atom is 0.410 e. The Bertz CT molecular complexity index is 787. The van der Waals surface area contributed by atoms with Crippen molar-refractivity contribution in [3.05, 3.63) is 24.2 Å². The highest BCUT2D eigenvalue weighted by atomic mass is 16.5. The molecule has 1 N–H and O–H groups in total. The van der Waals surface area contributed by atoms with Gasteiger partial charge in [-0.05, 0) is 37.8 Å². The van der Waals surface area contributed by atoms with Gasteiger partial charge in [-0.15, -0.1) is 0 Å². The van der Waals surface area contributed by atoms with Gasteiger partial charge in [0, 0.05) is 31.7 Å². The lowest BCUT2D eigenvalue weighted by Gasteiger charge is -2.35. The minimum absolute atomic E-state index is 0.0202. The zero-order valence-electron chi connectivity index (χ0n) is 14.9. The van der Waals surface area contributed by atoms with Crippen molar-refractivity contribution in [1.29, 1.82) is 0 Å². The Balaban J connectivity index is 1.49. The molecule has 2 aliphatic heterocycles. The number of amides is 2. The van der Waals surface area contributed by atoms with Gasteiger partial charge in [0.15, 0.2) is 5.65 Å². The summed E-state index contributed by atoms with van der Waals surface area (Å²) < 4.78 is 4.82. The van der Waals surface area contributed by atoms with Crippen molar-refractivity contribution in [1.82, 2.24) is 24.8 Å². The molecule has 0 spiro atoms. The van der Waals surface area contributed by atoms with Crippen molar-refractivity contribution in [2.45, 2.75) is 37.6 Å². The summed E-state index contributed by atoms with van der Waals surface area (Å²) in [6.07, 6.45) is 4.74.